The fraction of sp³-hybridized carbons (Fsp3) is 0.150. The lowest BCUT2D eigenvalue weighted by atomic mass is 10.1. The highest BCUT2D eigenvalue weighted by Crippen LogP contribution is 2.35. The third kappa shape index (κ3) is 4.49. The number of amides is 1. The Bertz CT molecular complexity index is 1100. The Morgan fingerprint density at radius 1 is 1.21 bits per heavy atom. The number of rotatable bonds is 5. The average molecular weight is 431 g/mol. The lowest BCUT2D eigenvalue weighted by molar-refractivity contribution is 0.0997. The average Bonchev–Trinajstić information content (AvgIpc) is 2.69. The zero-order valence-corrected chi connectivity index (χ0v) is 17.6. The van der Waals surface area contributed by atoms with Crippen molar-refractivity contribution in [3.63, 3.8) is 0 Å². The number of carbonyl (C=O) groups is 1. The topological polar surface area (TPSA) is 89.7 Å². The molecule has 150 valence electrons. The largest absolute Gasteiger partial charge is 0.496 e. The normalized spacial score (nSPS) is 10.5. The minimum absolute atomic E-state index is 0.243. The maximum atomic E-state index is 11.8. The molecule has 3 rings (SSSR count). The van der Waals surface area contributed by atoms with Crippen LogP contribution in [0.15, 0.2) is 42.6 Å². The molecule has 7 nitrogen and oxygen atoms in total. The Morgan fingerprint density at radius 2 is 1.97 bits per heavy atom. The fourth-order valence-electron chi connectivity index (χ4n) is 2.61. The third-order valence-electron chi connectivity index (χ3n) is 4.10. The number of primary amides is 1. The van der Waals surface area contributed by atoms with Crippen LogP contribution < -0.4 is 20.5 Å². The monoisotopic (exact) mass is 430 g/mol. The predicted octanol–water partition coefficient (Wildman–Crippen LogP) is 4.05. The van der Waals surface area contributed by atoms with Crippen LogP contribution in [-0.4, -0.2) is 42.1 Å². The van der Waals surface area contributed by atoms with Gasteiger partial charge >= 0.3 is 0 Å². The van der Waals surface area contributed by atoms with Gasteiger partial charge < -0.3 is 25.4 Å². The van der Waals surface area contributed by atoms with E-state index in [0.717, 1.165) is 0 Å². The van der Waals surface area contributed by atoms with Crippen molar-refractivity contribution in [2.45, 2.75) is 0 Å². The van der Waals surface area contributed by atoms with Gasteiger partial charge in [0.1, 0.15) is 17.2 Å². The van der Waals surface area contributed by atoms with Crippen molar-refractivity contribution in [3.05, 3.63) is 53.2 Å². The molecule has 2 aromatic carbocycles. The SMILES string of the molecule is COc1cc2nccc(Oc3ccc(NC(=S)N(C)C)c(Cl)c3)c2cc1C(N)=O. The van der Waals surface area contributed by atoms with E-state index in [9.17, 15) is 4.79 Å². The van der Waals surface area contributed by atoms with Crippen LogP contribution in [0.1, 0.15) is 10.4 Å². The Hall–Kier alpha value is -3.10. The highest BCUT2D eigenvalue weighted by atomic mass is 35.5. The first-order valence-corrected chi connectivity index (χ1v) is 9.31. The molecule has 0 aliphatic carbocycles. The van der Waals surface area contributed by atoms with E-state index < -0.39 is 5.91 Å². The Labute approximate surface area is 178 Å². The quantitative estimate of drug-likeness (QED) is 0.590. The van der Waals surface area contributed by atoms with Crippen molar-refractivity contribution in [2.24, 2.45) is 5.73 Å². The van der Waals surface area contributed by atoms with Crippen molar-refractivity contribution in [2.75, 3.05) is 26.5 Å². The zero-order chi connectivity index (χ0) is 21.1. The van der Waals surface area contributed by atoms with Crippen molar-refractivity contribution >= 4 is 51.4 Å². The molecule has 9 heteroatoms. The number of hydrogen-bond acceptors (Lipinski definition) is 5. The number of hydrogen-bond donors (Lipinski definition) is 2. The molecular weight excluding hydrogens is 412 g/mol. The van der Waals surface area contributed by atoms with Gasteiger partial charge in [-0.2, -0.15) is 0 Å². The number of benzene rings is 2. The number of halogens is 1. The number of ether oxygens (including phenoxy) is 2. The van der Waals surface area contributed by atoms with E-state index >= 15 is 0 Å². The van der Waals surface area contributed by atoms with Crippen LogP contribution in [0, 0.1) is 0 Å². The molecule has 0 radical (unpaired) electrons. The summed E-state index contributed by atoms with van der Waals surface area (Å²) in [5.74, 6) is 0.764. The molecule has 0 atom stereocenters. The Kier molecular flexibility index (Phi) is 6.05. The number of pyridine rings is 1. The van der Waals surface area contributed by atoms with Gasteiger partial charge in [0.25, 0.3) is 5.91 Å². The van der Waals surface area contributed by atoms with Crippen LogP contribution in [0.5, 0.6) is 17.2 Å². The molecule has 0 aliphatic rings. The standard InChI is InChI=1S/C20H19ClN4O3S/c1-25(2)20(29)24-15-5-4-11(8-14(15)21)28-17-6-7-23-16-10-18(27-3)13(19(22)26)9-12(16)17/h4-10H,1-3H3,(H2,22,26)(H,24,29). The smallest absolute Gasteiger partial charge is 0.252 e. The lowest BCUT2D eigenvalue weighted by Gasteiger charge is -2.17. The first-order valence-electron chi connectivity index (χ1n) is 8.52. The second kappa shape index (κ2) is 8.50. The van der Waals surface area contributed by atoms with E-state index in [1.165, 1.54) is 7.11 Å². The van der Waals surface area contributed by atoms with Gasteiger partial charge in [-0.25, -0.2) is 0 Å². The van der Waals surface area contributed by atoms with Gasteiger partial charge in [0.2, 0.25) is 0 Å². The maximum Gasteiger partial charge on any atom is 0.252 e. The Morgan fingerprint density at radius 3 is 2.59 bits per heavy atom. The van der Waals surface area contributed by atoms with Crippen LogP contribution in [-0.2, 0) is 0 Å². The lowest BCUT2D eigenvalue weighted by Crippen LogP contribution is -2.27. The van der Waals surface area contributed by atoms with Crippen LogP contribution >= 0.6 is 23.8 Å². The van der Waals surface area contributed by atoms with Crippen molar-refractivity contribution in [1.82, 2.24) is 9.88 Å². The van der Waals surface area contributed by atoms with E-state index in [4.69, 9.17) is 39.0 Å². The van der Waals surface area contributed by atoms with Gasteiger partial charge in [-0.05, 0) is 36.5 Å². The zero-order valence-electron chi connectivity index (χ0n) is 16.0. The van der Waals surface area contributed by atoms with Crippen molar-refractivity contribution in [1.29, 1.82) is 0 Å². The summed E-state index contributed by atoms with van der Waals surface area (Å²) in [6, 6.07) is 10.1. The molecule has 3 N–H and O–H groups in total. The van der Waals surface area contributed by atoms with Gasteiger partial charge in [0.05, 0.1) is 28.9 Å². The molecule has 1 aromatic heterocycles. The summed E-state index contributed by atoms with van der Waals surface area (Å²) in [6.07, 6.45) is 1.61. The molecule has 0 unspecified atom stereocenters. The van der Waals surface area contributed by atoms with Crippen LogP contribution in [0.4, 0.5) is 5.69 Å². The van der Waals surface area contributed by atoms with Crippen LogP contribution in [0.2, 0.25) is 5.02 Å². The molecule has 3 aromatic rings. The number of fused-ring (bicyclic) bond motifs is 1. The first-order chi connectivity index (χ1) is 13.8. The molecule has 29 heavy (non-hydrogen) atoms. The number of aromatic nitrogens is 1. The number of nitrogens with zero attached hydrogens (tertiary/aromatic N) is 2. The number of thiocarbonyl (C=S) groups is 1. The van der Waals surface area contributed by atoms with Crippen LogP contribution in [0.25, 0.3) is 10.9 Å². The maximum absolute atomic E-state index is 11.8. The third-order valence-corrected chi connectivity index (χ3v) is 4.88. The molecule has 0 saturated heterocycles. The van der Waals surface area contributed by atoms with Gasteiger partial charge in [-0.3, -0.25) is 9.78 Å². The minimum atomic E-state index is -0.603. The van der Waals surface area contributed by atoms with Crippen LogP contribution in [0.3, 0.4) is 0 Å². The highest BCUT2D eigenvalue weighted by Gasteiger charge is 2.15. The summed E-state index contributed by atoms with van der Waals surface area (Å²) in [5, 5.41) is 4.66. The molecular formula is C20H19ClN4O3S. The number of nitrogens with one attached hydrogen (secondary N) is 1. The summed E-state index contributed by atoms with van der Waals surface area (Å²) in [6.45, 7) is 0. The van der Waals surface area contributed by atoms with E-state index in [1.807, 2.05) is 14.1 Å². The second-order valence-electron chi connectivity index (χ2n) is 6.31. The van der Waals surface area contributed by atoms with Gasteiger partial charge in [0, 0.05) is 37.8 Å². The molecule has 0 fully saturated rings. The molecule has 0 saturated carbocycles. The second-order valence-corrected chi connectivity index (χ2v) is 7.11. The Balaban J connectivity index is 1.96. The number of anilines is 1. The van der Waals surface area contributed by atoms with Gasteiger partial charge in [-0.15, -0.1) is 0 Å². The van der Waals surface area contributed by atoms with E-state index in [0.29, 0.717) is 44.0 Å². The summed E-state index contributed by atoms with van der Waals surface area (Å²) in [7, 11) is 5.14. The summed E-state index contributed by atoms with van der Waals surface area (Å²) < 4.78 is 11.2. The summed E-state index contributed by atoms with van der Waals surface area (Å²) in [4.78, 5) is 17.8. The number of methoxy groups -OCH3 is 1. The molecule has 0 spiro atoms. The first kappa shape index (κ1) is 20.6. The number of carbonyl (C=O) groups excluding carboxylic acids is 1. The van der Waals surface area contributed by atoms with E-state index in [2.05, 4.69) is 10.3 Å². The molecule has 0 bridgehead atoms. The number of nitrogens with two attached hydrogens (primary N) is 1. The molecule has 1 amide bonds. The van der Waals surface area contributed by atoms with Crippen molar-refractivity contribution in [3.8, 4) is 17.2 Å². The summed E-state index contributed by atoms with van der Waals surface area (Å²) >= 11 is 11.6. The highest BCUT2D eigenvalue weighted by molar-refractivity contribution is 7.80. The minimum Gasteiger partial charge on any atom is -0.496 e. The fourth-order valence-corrected chi connectivity index (χ4v) is 2.94. The predicted molar refractivity (Wildman–Crippen MR) is 118 cm³/mol. The summed E-state index contributed by atoms with van der Waals surface area (Å²) in [5.41, 5.74) is 6.97. The van der Waals surface area contributed by atoms with E-state index in [1.54, 1.807) is 47.5 Å². The molecule has 1 heterocycles. The van der Waals surface area contributed by atoms with Gasteiger partial charge in [0.15, 0.2) is 5.11 Å². The van der Waals surface area contributed by atoms with Crippen molar-refractivity contribution < 1.29 is 14.3 Å². The van der Waals surface area contributed by atoms with E-state index in [-0.39, 0.29) is 5.56 Å². The molecule has 0 aliphatic heterocycles. The van der Waals surface area contributed by atoms with Gasteiger partial charge in [-0.1, -0.05) is 11.6 Å².